The first-order chi connectivity index (χ1) is 28.7. The molecule has 1 spiro atoms. The molecular weight excluding hydrogens is 723 g/mol. The average molecular weight is 758 g/mol. The SMILES string of the molecule is c1ccc(-c2ccc(N(c3ccc(-c4ccc5c(c4)sc4ccccc45)cc3)c3ccc4c(c3)-c3ccccc3C43c4ccccc4Oc4ccccc43)cc2)cc1. The maximum atomic E-state index is 6.58. The van der Waals surface area contributed by atoms with Crippen LogP contribution in [0.5, 0.6) is 11.5 Å². The fraction of sp³-hybridized carbons (Fsp3) is 0.0182. The molecular formula is C55H35NOS. The summed E-state index contributed by atoms with van der Waals surface area (Å²) in [6, 6.07) is 77.3. The van der Waals surface area contributed by atoms with Crippen LogP contribution < -0.4 is 9.64 Å². The minimum atomic E-state index is -0.505. The monoisotopic (exact) mass is 757 g/mol. The summed E-state index contributed by atoms with van der Waals surface area (Å²) in [5.74, 6) is 1.80. The molecule has 0 atom stereocenters. The molecule has 0 N–H and O–H groups in total. The van der Waals surface area contributed by atoms with Crippen LogP contribution in [0.2, 0.25) is 0 Å². The second-order valence-corrected chi connectivity index (χ2v) is 16.3. The van der Waals surface area contributed by atoms with E-state index in [1.165, 1.54) is 75.8 Å². The van der Waals surface area contributed by atoms with Crippen molar-refractivity contribution in [2.24, 2.45) is 0 Å². The quantitative estimate of drug-likeness (QED) is 0.173. The van der Waals surface area contributed by atoms with Crippen molar-refractivity contribution in [3.63, 3.8) is 0 Å². The van der Waals surface area contributed by atoms with Crippen molar-refractivity contribution in [3.05, 3.63) is 235 Å². The number of thiophene rings is 1. The van der Waals surface area contributed by atoms with Gasteiger partial charge in [-0.3, -0.25) is 0 Å². The van der Waals surface area contributed by atoms with E-state index < -0.39 is 5.41 Å². The van der Waals surface area contributed by atoms with Crippen LogP contribution in [0.15, 0.2) is 212 Å². The molecule has 12 rings (SSSR count). The largest absolute Gasteiger partial charge is 0.457 e. The molecule has 2 heterocycles. The molecule has 9 aromatic carbocycles. The van der Waals surface area contributed by atoms with Gasteiger partial charge in [0, 0.05) is 48.4 Å². The first kappa shape index (κ1) is 33.0. The second-order valence-electron chi connectivity index (χ2n) is 15.2. The number of rotatable bonds is 5. The van der Waals surface area contributed by atoms with Crippen molar-refractivity contribution in [2.75, 3.05) is 4.90 Å². The highest BCUT2D eigenvalue weighted by Crippen LogP contribution is 2.62. The van der Waals surface area contributed by atoms with Crippen molar-refractivity contribution in [1.82, 2.24) is 0 Å². The standard InChI is InChI=1S/C55H35NOS/c1-2-12-36(13-3-1)37-22-27-40(28-23-37)56(41-29-24-38(25-30-41)39-26-32-45-44-15-5-11-21-53(44)58-54(45)34-39)42-31-33-48-46(35-42)43-14-4-6-16-47(43)55(48)49-17-7-9-19-51(49)57-52-20-10-8-18-50(52)55/h1-35H. The summed E-state index contributed by atoms with van der Waals surface area (Å²) in [5.41, 5.74) is 15.0. The van der Waals surface area contributed by atoms with Gasteiger partial charge in [0.25, 0.3) is 0 Å². The lowest BCUT2D eigenvalue weighted by molar-refractivity contribution is 0.436. The summed E-state index contributed by atoms with van der Waals surface area (Å²) < 4.78 is 9.22. The highest BCUT2D eigenvalue weighted by molar-refractivity contribution is 7.25. The third-order valence-corrected chi connectivity index (χ3v) is 13.3. The molecule has 2 aliphatic rings. The molecule has 1 aromatic heterocycles. The Morgan fingerprint density at radius 1 is 0.345 bits per heavy atom. The van der Waals surface area contributed by atoms with Crippen molar-refractivity contribution >= 4 is 48.6 Å². The van der Waals surface area contributed by atoms with Gasteiger partial charge in [0.2, 0.25) is 0 Å². The van der Waals surface area contributed by atoms with Crippen LogP contribution in [0.4, 0.5) is 17.1 Å². The Labute approximate surface area is 341 Å². The number of ether oxygens (including phenoxy) is 1. The van der Waals surface area contributed by atoms with Gasteiger partial charge in [-0.15, -0.1) is 11.3 Å². The van der Waals surface area contributed by atoms with E-state index in [2.05, 4.69) is 217 Å². The van der Waals surface area contributed by atoms with Crippen LogP contribution in [0.1, 0.15) is 22.3 Å². The zero-order valence-corrected chi connectivity index (χ0v) is 32.3. The molecule has 58 heavy (non-hydrogen) atoms. The first-order valence-corrected chi connectivity index (χ1v) is 20.6. The Bertz CT molecular complexity index is 3150. The molecule has 2 nitrogen and oxygen atoms in total. The smallest absolute Gasteiger partial charge is 0.132 e. The van der Waals surface area contributed by atoms with Gasteiger partial charge in [0.15, 0.2) is 0 Å². The minimum Gasteiger partial charge on any atom is -0.457 e. The Morgan fingerprint density at radius 2 is 0.862 bits per heavy atom. The fourth-order valence-electron chi connectivity index (χ4n) is 9.58. The van der Waals surface area contributed by atoms with Crippen LogP contribution in [-0.4, -0.2) is 0 Å². The molecule has 0 saturated carbocycles. The van der Waals surface area contributed by atoms with Crippen LogP contribution >= 0.6 is 11.3 Å². The van der Waals surface area contributed by atoms with Gasteiger partial charge in [0.05, 0.1) is 5.41 Å². The van der Waals surface area contributed by atoms with E-state index in [9.17, 15) is 0 Å². The molecule has 1 aliphatic heterocycles. The van der Waals surface area contributed by atoms with E-state index in [0.717, 1.165) is 28.6 Å². The molecule has 0 fully saturated rings. The molecule has 1 aliphatic carbocycles. The topological polar surface area (TPSA) is 12.5 Å². The van der Waals surface area contributed by atoms with Gasteiger partial charge < -0.3 is 9.64 Å². The molecule has 3 heteroatoms. The van der Waals surface area contributed by atoms with Crippen molar-refractivity contribution in [1.29, 1.82) is 0 Å². The maximum absolute atomic E-state index is 6.58. The van der Waals surface area contributed by atoms with E-state index in [1.54, 1.807) is 0 Å². The number of anilines is 3. The lowest BCUT2D eigenvalue weighted by Gasteiger charge is -2.39. The van der Waals surface area contributed by atoms with Gasteiger partial charge in [-0.05, 0) is 105 Å². The van der Waals surface area contributed by atoms with E-state index >= 15 is 0 Å². The van der Waals surface area contributed by atoms with E-state index in [4.69, 9.17) is 4.74 Å². The Morgan fingerprint density at radius 3 is 1.59 bits per heavy atom. The van der Waals surface area contributed by atoms with Gasteiger partial charge >= 0.3 is 0 Å². The van der Waals surface area contributed by atoms with Crippen LogP contribution in [0.3, 0.4) is 0 Å². The maximum Gasteiger partial charge on any atom is 0.132 e. The lowest BCUT2D eigenvalue weighted by Crippen LogP contribution is -2.32. The zero-order chi connectivity index (χ0) is 38.2. The average Bonchev–Trinajstić information content (AvgIpc) is 3.81. The normalized spacial score (nSPS) is 13.1. The Hall–Kier alpha value is -7.20. The molecule has 0 radical (unpaired) electrons. The predicted molar refractivity (Wildman–Crippen MR) is 242 cm³/mol. The van der Waals surface area contributed by atoms with Crippen molar-refractivity contribution in [2.45, 2.75) is 5.41 Å². The van der Waals surface area contributed by atoms with E-state index in [0.29, 0.717) is 0 Å². The van der Waals surface area contributed by atoms with E-state index in [-0.39, 0.29) is 0 Å². The molecule has 0 bridgehead atoms. The van der Waals surface area contributed by atoms with Gasteiger partial charge in [-0.2, -0.15) is 0 Å². The van der Waals surface area contributed by atoms with Gasteiger partial charge in [0.1, 0.15) is 11.5 Å². The number of benzene rings is 9. The molecule has 0 unspecified atom stereocenters. The minimum absolute atomic E-state index is 0.505. The predicted octanol–water partition coefficient (Wildman–Crippen LogP) is 15.3. The first-order valence-electron chi connectivity index (χ1n) is 19.8. The van der Waals surface area contributed by atoms with E-state index in [1.807, 2.05) is 11.3 Å². The third-order valence-electron chi connectivity index (χ3n) is 12.2. The molecule has 272 valence electrons. The van der Waals surface area contributed by atoms with Crippen molar-refractivity contribution in [3.8, 4) is 44.9 Å². The Kier molecular flexibility index (Phi) is 7.35. The summed E-state index contributed by atoms with van der Waals surface area (Å²) >= 11 is 1.86. The third kappa shape index (κ3) is 4.90. The molecule has 10 aromatic rings. The number of nitrogens with zero attached hydrogens (tertiary/aromatic N) is 1. The molecule has 0 amide bonds. The van der Waals surface area contributed by atoms with Gasteiger partial charge in [-0.1, -0.05) is 152 Å². The van der Waals surface area contributed by atoms with Crippen LogP contribution in [-0.2, 0) is 5.41 Å². The highest BCUT2D eigenvalue weighted by atomic mass is 32.1. The number of hydrogen-bond donors (Lipinski definition) is 0. The Balaban J connectivity index is 1.02. The number of fused-ring (bicyclic) bond motifs is 12. The fourth-order valence-corrected chi connectivity index (χ4v) is 10.7. The summed E-state index contributed by atoms with van der Waals surface area (Å²) in [6.07, 6.45) is 0. The summed E-state index contributed by atoms with van der Waals surface area (Å²) in [5, 5.41) is 2.64. The zero-order valence-electron chi connectivity index (χ0n) is 31.5. The van der Waals surface area contributed by atoms with Crippen molar-refractivity contribution < 1.29 is 4.74 Å². The second kappa shape index (κ2) is 12.9. The summed E-state index contributed by atoms with van der Waals surface area (Å²) in [6.45, 7) is 0. The number of hydrogen-bond acceptors (Lipinski definition) is 3. The summed E-state index contributed by atoms with van der Waals surface area (Å²) in [4.78, 5) is 2.40. The highest BCUT2D eigenvalue weighted by Gasteiger charge is 2.51. The lowest BCUT2D eigenvalue weighted by atomic mass is 9.66. The number of para-hydroxylation sites is 2. The summed E-state index contributed by atoms with van der Waals surface area (Å²) in [7, 11) is 0. The van der Waals surface area contributed by atoms with Crippen LogP contribution in [0, 0.1) is 0 Å². The molecule has 0 saturated heterocycles. The van der Waals surface area contributed by atoms with Gasteiger partial charge in [-0.25, -0.2) is 0 Å². The van der Waals surface area contributed by atoms with Crippen LogP contribution in [0.25, 0.3) is 53.6 Å².